The zero-order valence-corrected chi connectivity index (χ0v) is 9.34. The Hall–Kier alpha value is -0.200. The Balaban J connectivity index is 2.47. The van der Waals surface area contributed by atoms with E-state index in [2.05, 4.69) is 21.2 Å². The van der Waals surface area contributed by atoms with Crippen LogP contribution >= 0.6 is 27.7 Å². The maximum atomic E-state index is 10.2. The Morgan fingerprint density at radius 3 is 3.23 bits per heavy atom. The van der Waals surface area contributed by atoms with E-state index in [-0.39, 0.29) is 10.9 Å². The lowest BCUT2D eigenvalue weighted by atomic mass is 10.4. The van der Waals surface area contributed by atoms with Gasteiger partial charge >= 0.3 is 0 Å². The molecule has 0 bridgehead atoms. The highest BCUT2D eigenvalue weighted by Crippen LogP contribution is 2.33. The van der Waals surface area contributed by atoms with Crippen LogP contribution in [-0.4, -0.2) is 33.9 Å². The fraction of sp³-hybridized carbons (Fsp3) is 0.571. The first-order valence-corrected chi connectivity index (χ1v) is 5.73. The van der Waals surface area contributed by atoms with Crippen LogP contribution in [0.1, 0.15) is 6.42 Å². The van der Waals surface area contributed by atoms with Gasteiger partial charge in [-0.15, -0.1) is 0 Å². The van der Waals surface area contributed by atoms with Gasteiger partial charge in [0.1, 0.15) is 10.1 Å². The minimum Gasteiger partial charge on any atom is -0.396 e. The van der Waals surface area contributed by atoms with Gasteiger partial charge in [0.15, 0.2) is 0 Å². The molecule has 0 saturated heterocycles. The van der Waals surface area contributed by atoms with Gasteiger partial charge in [-0.3, -0.25) is 4.79 Å². The molecule has 1 atom stereocenters. The van der Waals surface area contributed by atoms with Gasteiger partial charge in [0.05, 0.1) is 0 Å². The van der Waals surface area contributed by atoms with Gasteiger partial charge in [0.25, 0.3) is 0 Å². The van der Waals surface area contributed by atoms with Crippen LogP contribution in [0.25, 0.3) is 0 Å². The molecule has 6 heteroatoms. The number of hydrogen-bond donors (Lipinski definition) is 2. The largest absolute Gasteiger partial charge is 0.396 e. The third-order valence-corrected chi connectivity index (χ3v) is 3.59. The molecule has 74 valence electrons. The summed E-state index contributed by atoms with van der Waals surface area (Å²) in [5.41, 5.74) is 0. The number of nitrogens with zero attached hydrogens (tertiary/aromatic N) is 1. The molecular formula is C7H11BrN2O2S. The number of amides is 1. The summed E-state index contributed by atoms with van der Waals surface area (Å²) in [6.45, 7) is 0.890. The first kappa shape index (κ1) is 10.9. The predicted molar refractivity (Wildman–Crippen MR) is 56.0 cm³/mol. The molecule has 0 spiro atoms. The number of aliphatic hydroxyl groups is 1. The quantitative estimate of drug-likeness (QED) is 0.436. The van der Waals surface area contributed by atoms with E-state index >= 15 is 0 Å². The van der Waals surface area contributed by atoms with Crippen LogP contribution in [0.15, 0.2) is 11.2 Å². The lowest BCUT2D eigenvalue weighted by Gasteiger charge is -2.24. The Morgan fingerprint density at radius 2 is 2.62 bits per heavy atom. The Labute approximate surface area is 89.5 Å². The van der Waals surface area contributed by atoms with E-state index in [4.69, 9.17) is 5.11 Å². The number of rotatable bonds is 5. The van der Waals surface area contributed by atoms with Crippen molar-refractivity contribution in [2.24, 2.45) is 0 Å². The SMILES string of the molecule is O=CNC1=CSC(Br)N1CCCO. The zero-order valence-electron chi connectivity index (χ0n) is 6.94. The topological polar surface area (TPSA) is 52.6 Å². The number of halogens is 1. The van der Waals surface area contributed by atoms with Crippen molar-refractivity contribution in [1.29, 1.82) is 0 Å². The molecule has 0 fully saturated rings. The van der Waals surface area contributed by atoms with Crippen molar-refractivity contribution in [1.82, 2.24) is 10.2 Å². The van der Waals surface area contributed by atoms with E-state index in [0.29, 0.717) is 12.8 Å². The molecule has 1 rings (SSSR count). The lowest BCUT2D eigenvalue weighted by Crippen LogP contribution is -2.32. The molecule has 0 saturated carbocycles. The van der Waals surface area contributed by atoms with Crippen LogP contribution < -0.4 is 5.32 Å². The van der Waals surface area contributed by atoms with Crippen LogP contribution in [0.3, 0.4) is 0 Å². The minimum absolute atomic E-state index is 0.154. The Morgan fingerprint density at radius 1 is 1.85 bits per heavy atom. The smallest absolute Gasteiger partial charge is 0.212 e. The van der Waals surface area contributed by atoms with E-state index in [9.17, 15) is 4.79 Å². The van der Waals surface area contributed by atoms with E-state index in [0.717, 1.165) is 12.4 Å². The molecule has 0 aliphatic carbocycles. The predicted octanol–water partition coefficient (Wildman–Crippen LogP) is 0.641. The monoisotopic (exact) mass is 266 g/mol. The first-order chi connectivity index (χ1) is 6.29. The third kappa shape index (κ3) is 2.89. The Kier molecular flexibility index (Phi) is 4.61. The van der Waals surface area contributed by atoms with Crippen molar-refractivity contribution >= 4 is 34.1 Å². The molecular weight excluding hydrogens is 256 g/mol. The van der Waals surface area contributed by atoms with E-state index in [1.54, 1.807) is 11.8 Å². The van der Waals surface area contributed by atoms with Crippen LogP contribution in [0, 0.1) is 0 Å². The van der Waals surface area contributed by atoms with E-state index in [1.165, 1.54) is 0 Å². The summed E-state index contributed by atoms with van der Waals surface area (Å²) in [6.07, 6.45) is 1.35. The van der Waals surface area contributed by atoms with Gasteiger partial charge < -0.3 is 15.3 Å². The number of carbonyl (C=O) groups is 1. The third-order valence-electron chi connectivity index (χ3n) is 1.61. The molecule has 1 aliphatic rings. The van der Waals surface area contributed by atoms with Gasteiger partial charge in [0.2, 0.25) is 6.41 Å². The molecule has 1 aliphatic heterocycles. The number of aliphatic hydroxyl groups excluding tert-OH is 1. The van der Waals surface area contributed by atoms with Gasteiger partial charge in [-0.25, -0.2) is 0 Å². The van der Waals surface area contributed by atoms with Crippen molar-refractivity contribution in [2.75, 3.05) is 13.2 Å². The van der Waals surface area contributed by atoms with Crippen molar-refractivity contribution in [3.8, 4) is 0 Å². The number of carbonyl (C=O) groups excluding carboxylic acids is 1. The van der Waals surface area contributed by atoms with Crippen molar-refractivity contribution in [3.05, 3.63) is 11.2 Å². The lowest BCUT2D eigenvalue weighted by molar-refractivity contribution is -0.109. The van der Waals surface area contributed by atoms with E-state index < -0.39 is 0 Å². The van der Waals surface area contributed by atoms with Gasteiger partial charge in [-0.05, 0) is 6.42 Å². The second kappa shape index (κ2) is 5.51. The van der Waals surface area contributed by atoms with Gasteiger partial charge in [-0.2, -0.15) is 0 Å². The van der Waals surface area contributed by atoms with Crippen LogP contribution in [0.5, 0.6) is 0 Å². The van der Waals surface area contributed by atoms with Gasteiger partial charge in [-0.1, -0.05) is 27.7 Å². The molecule has 1 unspecified atom stereocenters. The van der Waals surface area contributed by atoms with Crippen LogP contribution in [0.2, 0.25) is 0 Å². The van der Waals surface area contributed by atoms with Crippen LogP contribution in [0.4, 0.5) is 0 Å². The maximum absolute atomic E-state index is 10.2. The average Bonchev–Trinajstić information content (AvgIpc) is 2.45. The van der Waals surface area contributed by atoms with Crippen molar-refractivity contribution in [3.63, 3.8) is 0 Å². The molecule has 0 aromatic heterocycles. The standard InChI is InChI=1S/C7H11BrN2O2S/c8-7-10(2-1-3-11)6(4-13-7)9-5-12/h4-5,7,11H,1-3H2,(H,9,12). The highest BCUT2D eigenvalue weighted by atomic mass is 79.9. The second-order valence-electron chi connectivity index (χ2n) is 2.46. The summed E-state index contributed by atoms with van der Waals surface area (Å²) < 4.78 is 0.154. The minimum atomic E-state index is 0.154. The number of nitrogens with one attached hydrogen (secondary N) is 1. The number of thioether (sulfide) groups is 1. The molecule has 0 aromatic rings. The number of alkyl halides is 1. The van der Waals surface area contributed by atoms with E-state index in [1.807, 2.05) is 10.3 Å². The molecule has 13 heavy (non-hydrogen) atoms. The molecule has 0 aromatic carbocycles. The Bertz CT molecular complexity index is 213. The second-order valence-corrected chi connectivity index (χ2v) is 4.89. The summed E-state index contributed by atoms with van der Waals surface area (Å²) in [5, 5.41) is 13.2. The summed E-state index contributed by atoms with van der Waals surface area (Å²) in [7, 11) is 0. The molecule has 1 amide bonds. The van der Waals surface area contributed by atoms with Crippen LogP contribution in [-0.2, 0) is 4.79 Å². The van der Waals surface area contributed by atoms with Crippen molar-refractivity contribution in [2.45, 2.75) is 10.7 Å². The summed E-state index contributed by atoms with van der Waals surface area (Å²) in [4.78, 5) is 12.2. The first-order valence-electron chi connectivity index (χ1n) is 3.87. The molecule has 1 heterocycles. The van der Waals surface area contributed by atoms with Gasteiger partial charge in [0, 0.05) is 18.6 Å². The highest BCUT2D eigenvalue weighted by molar-refractivity contribution is 9.11. The fourth-order valence-electron chi connectivity index (χ4n) is 1.01. The van der Waals surface area contributed by atoms with Crippen molar-refractivity contribution < 1.29 is 9.90 Å². The maximum Gasteiger partial charge on any atom is 0.212 e. The number of hydrogen-bond acceptors (Lipinski definition) is 4. The molecule has 4 nitrogen and oxygen atoms in total. The highest BCUT2D eigenvalue weighted by Gasteiger charge is 2.23. The zero-order chi connectivity index (χ0) is 9.68. The molecule has 2 N–H and O–H groups in total. The summed E-state index contributed by atoms with van der Waals surface area (Å²) in [5.74, 6) is 0.787. The average molecular weight is 267 g/mol. The fourth-order valence-corrected chi connectivity index (χ4v) is 2.57. The normalized spacial score (nSPS) is 21.5. The summed E-state index contributed by atoms with van der Waals surface area (Å²) in [6, 6.07) is 0. The molecule has 0 radical (unpaired) electrons. The summed E-state index contributed by atoms with van der Waals surface area (Å²) >= 11 is 5.03.